The molecule has 80 valence electrons. The highest BCUT2D eigenvalue weighted by Crippen LogP contribution is 2.57. The molecule has 0 unspecified atom stereocenters. The van der Waals surface area contributed by atoms with Gasteiger partial charge < -0.3 is 10.5 Å². The van der Waals surface area contributed by atoms with Gasteiger partial charge in [0, 0.05) is 0 Å². The maximum absolute atomic E-state index is 11.3. The minimum Gasteiger partial charge on any atom is -0.468 e. The quantitative estimate of drug-likeness (QED) is 0.682. The number of hydrogen-bond acceptors (Lipinski definition) is 3. The Morgan fingerprint density at radius 2 is 2.21 bits per heavy atom. The predicted octanol–water partition coefficient (Wildman–Crippen LogP) is 1.46. The lowest BCUT2D eigenvalue weighted by Crippen LogP contribution is -2.41. The molecule has 1 spiro atoms. The molecule has 2 atom stereocenters. The molecule has 0 radical (unpaired) electrons. The SMILES string of the molecule is COC(=O)[C@@H](N)[C@H]1CCCC2(CC2)C1. The van der Waals surface area contributed by atoms with E-state index in [-0.39, 0.29) is 5.97 Å². The monoisotopic (exact) mass is 197 g/mol. The molecule has 0 aromatic heterocycles. The number of esters is 1. The summed E-state index contributed by atoms with van der Waals surface area (Å²) in [6.07, 6.45) is 7.50. The number of rotatable bonds is 2. The number of carbonyl (C=O) groups is 1. The van der Waals surface area contributed by atoms with Crippen LogP contribution in [0.4, 0.5) is 0 Å². The summed E-state index contributed by atoms with van der Waals surface area (Å²) in [6, 6.07) is -0.391. The molecule has 2 aliphatic carbocycles. The fraction of sp³-hybridized carbons (Fsp3) is 0.909. The molecule has 0 amide bonds. The van der Waals surface area contributed by atoms with Crippen LogP contribution in [0.25, 0.3) is 0 Å². The van der Waals surface area contributed by atoms with E-state index in [1.54, 1.807) is 0 Å². The highest BCUT2D eigenvalue weighted by atomic mass is 16.5. The van der Waals surface area contributed by atoms with Crippen LogP contribution in [0.3, 0.4) is 0 Å². The van der Waals surface area contributed by atoms with Crippen LogP contribution in [-0.2, 0) is 9.53 Å². The summed E-state index contributed by atoms with van der Waals surface area (Å²) < 4.78 is 4.69. The standard InChI is InChI=1S/C11H19NO2/c1-14-10(13)9(12)8-3-2-4-11(7-8)5-6-11/h8-9H,2-7,12H2,1H3/t8-,9-/m0/s1. The maximum Gasteiger partial charge on any atom is 0.322 e. The zero-order valence-electron chi connectivity index (χ0n) is 8.79. The topological polar surface area (TPSA) is 52.3 Å². The number of methoxy groups -OCH3 is 1. The van der Waals surface area contributed by atoms with E-state index in [2.05, 4.69) is 4.74 Å². The van der Waals surface area contributed by atoms with Crippen LogP contribution < -0.4 is 5.73 Å². The Bertz CT molecular complexity index is 235. The molecular formula is C11H19NO2. The molecule has 3 heteroatoms. The van der Waals surface area contributed by atoms with E-state index < -0.39 is 6.04 Å². The van der Waals surface area contributed by atoms with E-state index in [1.165, 1.54) is 32.8 Å². The maximum atomic E-state index is 11.3. The van der Waals surface area contributed by atoms with Crippen molar-refractivity contribution in [3.63, 3.8) is 0 Å². The molecule has 0 aliphatic heterocycles. The lowest BCUT2D eigenvalue weighted by molar-refractivity contribution is -0.144. The van der Waals surface area contributed by atoms with Gasteiger partial charge in [-0.05, 0) is 43.4 Å². The first-order chi connectivity index (χ1) is 6.67. The van der Waals surface area contributed by atoms with Crippen LogP contribution in [0.1, 0.15) is 38.5 Å². The van der Waals surface area contributed by atoms with Crippen LogP contribution in [0.15, 0.2) is 0 Å². The van der Waals surface area contributed by atoms with Crippen molar-refractivity contribution in [1.82, 2.24) is 0 Å². The van der Waals surface area contributed by atoms with Crippen molar-refractivity contribution in [2.24, 2.45) is 17.1 Å². The largest absolute Gasteiger partial charge is 0.468 e. The van der Waals surface area contributed by atoms with Crippen LogP contribution >= 0.6 is 0 Å². The van der Waals surface area contributed by atoms with Crippen molar-refractivity contribution >= 4 is 5.97 Å². The fourth-order valence-corrected chi connectivity index (χ4v) is 2.77. The highest BCUT2D eigenvalue weighted by molar-refractivity contribution is 5.75. The van der Waals surface area contributed by atoms with Gasteiger partial charge in [-0.15, -0.1) is 0 Å². The molecule has 2 fully saturated rings. The van der Waals surface area contributed by atoms with Gasteiger partial charge in [-0.1, -0.05) is 6.42 Å². The molecule has 0 bridgehead atoms. The summed E-state index contributed by atoms with van der Waals surface area (Å²) in [5.74, 6) is 0.117. The van der Waals surface area contributed by atoms with E-state index in [0.29, 0.717) is 11.3 Å². The second-order valence-corrected chi connectivity index (χ2v) is 4.91. The average molecular weight is 197 g/mol. The molecule has 0 aromatic carbocycles. The van der Waals surface area contributed by atoms with Crippen molar-refractivity contribution in [2.75, 3.05) is 7.11 Å². The molecule has 0 saturated heterocycles. The van der Waals surface area contributed by atoms with Crippen LogP contribution in [-0.4, -0.2) is 19.1 Å². The van der Waals surface area contributed by atoms with Crippen molar-refractivity contribution in [2.45, 2.75) is 44.6 Å². The Balaban J connectivity index is 1.93. The Morgan fingerprint density at radius 1 is 1.50 bits per heavy atom. The minimum absolute atomic E-state index is 0.243. The van der Waals surface area contributed by atoms with Gasteiger partial charge in [-0.25, -0.2) is 0 Å². The average Bonchev–Trinajstić information content (AvgIpc) is 2.95. The summed E-state index contributed by atoms with van der Waals surface area (Å²) in [5, 5.41) is 0. The summed E-state index contributed by atoms with van der Waals surface area (Å²) in [7, 11) is 1.41. The zero-order valence-corrected chi connectivity index (χ0v) is 8.79. The molecule has 2 rings (SSSR count). The number of hydrogen-bond donors (Lipinski definition) is 1. The van der Waals surface area contributed by atoms with Gasteiger partial charge in [0.25, 0.3) is 0 Å². The first-order valence-corrected chi connectivity index (χ1v) is 5.50. The van der Waals surface area contributed by atoms with Crippen LogP contribution in [0.5, 0.6) is 0 Å². The Kier molecular flexibility index (Phi) is 2.52. The van der Waals surface area contributed by atoms with Gasteiger partial charge in [-0.2, -0.15) is 0 Å². The van der Waals surface area contributed by atoms with Crippen molar-refractivity contribution in [3.8, 4) is 0 Å². The third-order valence-corrected chi connectivity index (χ3v) is 3.92. The molecule has 0 heterocycles. The molecule has 2 aliphatic rings. The molecule has 2 saturated carbocycles. The number of ether oxygens (including phenoxy) is 1. The van der Waals surface area contributed by atoms with Crippen molar-refractivity contribution in [3.05, 3.63) is 0 Å². The van der Waals surface area contributed by atoms with Gasteiger partial charge >= 0.3 is 5.97 Å². The van der Waals surface area contributed by atoms with E-state index in [1.807, 2.05) is 0 Å². The van der Waals surface area contributed by atoms with Gasteiger partial charge in [0.15, 0.2) is 0 Å². The lowest BCUT2D eigenvalue weighted by atomic mass is 9.76. The van der Waals surface area contributed by atoms with Crippen LogP contribution in [0.2, 0.25) is 0 Å². The van der Waals surface area contributed by atoms with E-state index in [0.717, 1.165) is 12.8 Å². The Morgan fingerprint density at radius 3 is 2.79 bits per heavy atom. The first-order valence-electron chi connectivity index (χ1n) is 5.50. The Labute approximate surface area is 85.0 Å². The van der Waals surface area contributed by atoms with E-state index in [4.69, 9.17) is 5.73 Å². The predicted molar refractivity (Wildman–Crippen MR) is 53.6 cm³/mol. The third-order valence-electron chi connectivity index (χ3n) is 3.92. The highest BCUT2D eigenvalue weighted by Gasteiger charge is 2.47. The van der Waals surface area contributed by atoms with Gasteiger partial charge in [0.2, 0.25) is 0 Å². The zero-order chi connectivity index (χ0) is 10.2. The van der Waals surface area contributed by atoms with Gasteiger partial charge in [0.05, 0.1) is 7.11 Å². The molecule has 3 nitrogen and oxygen atoms in total. The number of carbonyl (C=O) groups excluding carboxylic acids is 1. The van der Waals surface area contributed by atoms with Gasteiger partial charge in [0.1, 0.15) is 6.04 Å². The second-order valence-electron chi connectivity index (χ2n) is 4.91. The normalized spacial score (nSPS) is 31.1. The van der Waals surface area contributed by atoms with E-state index in [9.17, 15) is 4.79 Å². The molecule has 14 heavy (non-hydrogen) atoms. The summed E-state index contributed by atoms with van der Waals surface area (Å²) in [4.78, 5) is 11.3. The van der Waals surface area contributed by atoms with E-state index >= 15 is 0 Å². The van der Waals surface area contributed by atoms with Crippen molar-refractivity contribution < 1.29 is 9.53 Å². The summed E-state index contributed by atoms with van der Waals surface area (Å²) >= 11 is 0. The fourth-order valence-electron chi connectivity index (χ4n) is 2.77. The molecular weight excluding hydrogens is 178 g/mol. The van der Waals surface area contributed by atoms with Crippen LogP contribution in [0, 0.1) is 11.3 Å². The second kappa shape index (κ2) is 3.54. The first kappa shape index (κ1) is 9.97. The molecule has 2 N–H and O–H groups in total. The number of nitrogens with two attached hydrogens (primary N) is 1. The minimum atomic E-state index is -0.391. The van der Waals surface area contributed by atoms with Gasteiger partial charge in [-0.3, -0.25) is 4.79 Å². The lowest BCUT2D eigenvalue weighted by Gasteiger charge is -2.31. The smallest absolute Gasteiger partial charge is 0.322 e. The summed E-state index contributed by atoms with van der Waals surface area (Å²) in [5.41, 5.74) is 6.45. The summed E-state index contributed by atoms with van der Waals surface area (Å²) in [6.45, 7) is 0. The molecule has 0 aromatic rings. The Hall–Kier alpha value is -0.570. The third kappa shape index (κ3) is 1.78. The van der Waals surface area contributed by atoms with Crippen molar-refractivity contribution in [1.29, 1.82) is 0 Å².